The molecule has 0 radical (unpaired) electrons. The summed E-state index contributed by atoms with van der Waals surface area (Å²) in [5.41, 5.74) is 0. The van der Waals surface area contributed by atoms with E-state index < -0.39 is 0 Å². The summed E-state index contributed by atoms with van der Waals surface area (Å²) < 4.78 is 10.6. The van der Waals surface area contributed by atoms with Crippen LogP contribution >= 0.6 is 0 Å². The van der Waals surface area contributed by atoms with Crippen molar-refractivity contribution < 1.29 is 9.47 Å². The van der Waals surface area contributed by atoms with Crippen molar-refractivity contribution in [1.82, 2.24) is 10.2 Å². The van der Waals surface area contributed by atoms with E-state index in [1.54, 1.807) is 14.2 Å². The number of rotatable bonds is 10. The first kappa shape index (κ1) is 17.9. The lowest BCUT2D eigenvalue weighted by molar-refractivity contribution is 0.0306. The highest BCUT2D eigenvalue weighted by atomic mass is 16.5. The van der Waals surface area contributed by atoms with Gasteiger partial charge in [0.25, 0.3) is 0 Å². The normalized spacial score (nSPS) is 25.1. The molecule has 3 unspecified atom stereocenters. The summed E-state index contributed by atoms with van der Waals surface area (Å²) in [6, 6.07) is 1.82. The molecule has 1 fully saturated rings. The van der Waals surface area contributed by atoms with Gasteiger partial charge in [-0.25, -0.2) is 0 Å². The van der Waals surface area contributed by atoms with Crippen LogP contribution in [0.5, 0.6) is 0 Å². The molecule has 1 rings (SSSR count). The molecule has 0 aromatic carbocycles. The van der Waals surface area contributed by atoms with Crippen molar-refractivity contribution in [3.05, 3.63) is 0 Å². The molecule has 3 atom stereocenters. The van der Waals surface area contributed by atoms with Crippen molar-refractivity contribution in [2.75, 3.05) is 40.5 Å². The van der Waals surface area contributed by atoms with E-state index in [1.807, 2.05) is 0 Å². The zero-order valence-electron chi connectivity index (χ0n) is 13.9. The minimum absolute atomic E-state index is 0.463. The zero-order valence-corrected chi connectivity index (χ0v) is 13.9. The van der Waals surface area contributed by atoms with Crippen LogP contribution in [-0.2, 0) is 9.47 Å². The highest BCUT2D eigenvalue weighted by molar-refractivity contribution is 4.86. The standard InChI is InChI=1S/C16H34N2O2/c1-5-9-17-15-7-6-8-16(12-15)18(10-11-19-3)14(2)13-20-4/h14-17H,5-13H2,1-4H3. The third kappa shape index (κ3) is 6.08. The van der Waals surface area contributed by atoms with Gasteiger partial charge < -0.3 is 14.8 Å². The van der Waals surface area contributed by atoms with Crippen molar-refractivity contribution in [2.45, 2.75) is 64.1 Å². The van der Waals surface area contributed by atoms with Crippen LogP contribution in [0.25, 0.3) is 0 Å². The van der Waals surface area contributed by atoms with E-state index in [0.717, 1.165) is 26.3 Å². The number of hydrogen-bond acceptors (Lipinski definition) is 4. The fourth-order valence-corrected chi connectivity index (χ4v) is 3.30. The monoisotopic (exact) mass is 286 g/mol. The molecule has 0 aromatic rings. The fourth-order valence-electron chi connectivity index (χ4n) is 3.30. The Hall–Kier alpha value is -0.160. The van der Waals surface area contributed by atoms with Gasteiger partial charge in [0.05, 0.1) is 13.2 Å². The number of nitrogens with zero attached hydrogens (tertiary/aromatic N) is 1. The van der Waals surface area contributed by atoms with Gasteiger partial charge in [-0.2, -0.15) is 0 Å². The second-order valence-corrected chi connectivity index (χ2v) is 6.01. The molecule has 0 spiro atoms. The van der Waals surface area contributed by atoms with Crippen molar-refractivity contribution in [1.29, 1.82) is 0 Å². The molecule has 4 heteroatoms. The Morgan fingerprint density at radius 3 is 2.70 bits per heavy atom. The predicted octanol–water partition coefficient (Wildman–Crippen LogP) is 2.28. The van der Waals surface area contributed by atoms with E-state index in [9.17, 15) is 0 Å². The maximum atomic E-state index is 5.35. The van der Waals surface area contributed by atoms with Gasteiger partial charge in [0.15, 0.2) is 0 Å². The largest absolute Gasteiger partial charge is 0.383 e. The number of nitrogens with one attached hydrogen (secondary N) is 1. The van der Waals surface area contributed by atoms with Crippen molar-refractivity contribution in [3.8, 4) is 0 Å². The van der Waals surface area contributed by atoms with Gasteiger partial charge in [-0.3, -0.25) is 4.90 Å². The van der Waals surface area contributed by atoms with Gasteiger partial charge in [-0.05, 0) is 39.2 Å². The lowest BCUT2D eigenvalue weighted by atomic mass is 9.89. The summed E-state index contributed by atoms with van der Waals surface area (Å²) in [6.07, 6.45) is 6.44. The average molecular weight is 286 g/mol. The Labute approximate surface area is 125 Å². The van der Waals surface area contributed by atoms with Crippen LogP contribution in [0, 0.1) is 0 Å². The Balaban J connectivity index is 2.54. The van der Waals surface area contributed by atoms with Gasteiger partial charge in [-0.15, -0.1) is 0 Å². The van der Waals surface area contributed by atoms with E-state index in [1.165, 1.54) is 32.1 Å². The zero-order chi connectivity index (χ0) is 14.8. The highest BCUT2D eigenvalue weighted by Crippen LogP contribution is 2.24. The molecule has 1 aliphatic carbocycles. The maximum Gasteiger partial charge on any atom is 0.0615 e. The summed E-state index contributed by atoms with van der Waals surface area (Å²) >= 11 is 0. The number of ether oxygens (including phenoxy) is 2. The summed E-state index contributed by atoms with van der Waals surface area (Å²) in [6.45, 7) is 8.25. The van der Waals surface area contributed by atoms with Crippen LogP contribution in [0.4, 0.5) is 0 Å². The molecule has 0 saturated heterocycles. The smallest absolute Gasteiger partial charge is 0.0615 e. The van der Waals surface area contributed by atoms with Crippen LogP contribution in [0.15, 0.2) is 0 Å². The van der Waals surface area contributed by atoms with Crippen LogP contribution in [0.2, 0.25) is 0 Å². The quantitative estimate of drug-likeness (QED) is 0.668. The Kier molecular flexibility index (Phi) is 9.44. The minimum Gasteiger partial charge on any atom is -0.383 e. The molecule has 0 bridgehead atoms. The van der Waals surface area contributed by atoms with Crippen molar-refractivity contribution >= 4 is 0 Å². The molecule has 120 valence electrons. The van der Waals surface area contributed by atoms with Crippen molar-refractivity contribution in [2.24, 2.45) is 0 Å². The second-order valence-electron chi connectivity index (χ2n) is 6.01. The van der Waals surface area contributed by atoms with E-state index >= 15 is 0 Å². The molecule has 0 heterocycles. The summed E-state index contributed by atoms with van der Waals surface area (Å²) in [5, 5.41) is 3.69. The van der Waals surface area contributed by atoms with E-state index in [0.29, 0.717) is 18.1 Å². The Morgan fingerprint density at radius 2 is 2.05 bits per heavy atom. The van der Waals surface area contributed by atoms with E-state index in [2.05, 4.69) is 24.1 Å². The predicted molar refractivity (Wildman–Crippen MR) is 84.3 cm³/mol. The van der Waals surface area contributed by atoms with Crippen LogP contribution in [-0.4, -0.2) is 63.5 Å². The van der Waals surface area contributed by atoms with E-state index in [4.69, 9.17) is 9.47 Å². The molecule has 0 aromatic heterocycles. The van der Waals surface area contributed by atoms with Gasteiger partial charge >= 0.3 is 0 Å². The summed E-state index contributed by atoms with van der Waals surface area (Å²) in [4.78, 5) is 2.59. The molecule has 4 nitrogen and oxygen atoms in total. The SMILES string of the molecule is CCCNC1CCCC(N(CCOC)C(C)COC)C1. The van der Waals surface area contributed by atoms with Gasteiger partial charge in [0, 0.05) is 38.9 Å². The summed E-state index contributed by atoms with van der Waals surface area (Å²) in [5.74, 6) is 0. The first-order valence-corrected chi connectivity index (χ1v) is 8.19. The van der Waals surface area contributed by atoms with Gasteiger partial charge in [0.1, 0.15) is 0 Å². The van der Waals surface area contributed by atoms with Crippen LogP contribution < -0.4 is 5.32 Å². The summed E-state index contributed by atoms with van der Waals surface area (Å²) in [7, 11) is 3.57. The Bertz CT molecular complexity index is 239. The van der Waals surface area contributed by atoms with Crippen molar-refractivity contribution in [3.63, 3.8) is 0 Å². The first-order chi connectivity index (χ1) is 9.72. The molecule has 20 heavy (non-hydrogen) atoms. The molecule has 0 aliphatic heterocycles. The molecule has 1 saturated carbocycles. The Morgan fingerprint density at radius 1 is 1.25 bits per heavy atom. The average Bonchev–Trinajstić information content (AvgIpc) is 2.46. The lowest BCUT2D eigenvalue weighted by Crippen LogP contribution is -2.50. The maximum absolute atomic E-state index is 5.35. The fraction of sp³-hybridized carbons (Fsp3) is 1.00. The minimum atomic E-state index is 0.463. The molecule has 1 N–H and O–H groups in total. The van der Waals surface area contributed by atoms with Gasteiger partial charge in [0.2, 0.25) is 0 Å². The first-order valence-electron chi connectivity index (χ1n) is 8.19. The van der Waals surface area contributed by atoms with Gasteiger partial charge in [-0.1, -0.05) is 13.3 Å². The van der Waals surface area contributed by atoms with Crippen LogP contribution in [0.3, 0.4) is 0 Å². The van der Waals surface area contributed by atoms with Crippen LogP contribution in [0.1, 0.15) is 46.0 Å². The molecule has 0 amide bonds. The third-order valence-electron chi connectivity index (χ3n) is 4.33. The lowest BCUT2D eigenvalue weighted by Gasteiger charge is -2.41. The number of hydrogen-bond donors (Lipinski definition) is 1. The number of methoxy groups -OCH3 is 2. The van der Waals surface area contributed by atoms with E-state index in [-0.39, 0.29) is 0 Å². The second kappa shape index (κ2) is 10.6. The highest BCUT2D eigenvalue weighted by Gasteiger charge is 2.28. The molecular formula is C16H34N2O2. The topological polar surface area (TPSA) is 33.7 Å². The third-order valence-corrected chi connectivity index (χ3v) is 4.33. The molecular weight excluding hydrogens is 252 g/mol. The molecule has 1 aliphatic rings.